The highest BCUT2D eigenvalue weighted by Crippen LogP contribution is 2.25. The predicted octanol–water partition coefficient (Wildman–Crippen LogP) is 3.22. The Morgan fingerprint density at radius 2 is 1.52 bits per heavy atom. The van der Waals surface area contributed by atoms with E-state index >= 15 is 0 Å². The normalized spacial score (nSPS) is 10.5. The average molecular weight is 302 g/mol. The molecule has 0 fully saturated rings. The lowest BCUT2D eigenvalue weighted by molar-refractivity contribution is 0.102. The summed E-state index contributed by atoms with van der Waals surface area (Å²) in [6.45, 7) is 0. The van der Waals surface area contributed by atoms with Crippen LogP contribution < -0.4 is 11.1 Å². The molecule has 0 unspecified atom stereocenters. The van der Waals surface area contributed by atoms with Gasteiger partial charge in [0.2, 0.25) is 0 Å². The van der Waals surface area contributed by atoms with Gasteiger partial charge in [-0.05, 0) is 18.2 Å². The maximum absolute atomic E-state index is 13.4. The topological polar surface area (TPSA) is 55.1 Å². The van der Waals surface area contributed by atoms with E-state index in [-0.39, 0.29) is 17.3 Å². The van der Waals surface area contributed by atoms with Gasteiger partial charge in [0.25, 0.3) is 5.91 Å². The number of halogens is 5. The van der Waals surface area contributed by atoms with Gasteiger partial charge in [0, 0.05) is 11.8 Å². The van der Waals surface area contributed by atoms with E-state index < -0.39 is 40.7 Å². The van der Waals surface area contributed by atoms with Crippen LogP contribution in [0.5, 0.6) is 0 Å². The van der Waals surface area contributed by atoms with E-state index in [1.807, 2.05) is 0 Å². The lowest BCUT2D eigenvalue weighted by atomic mass is 10.1. The van der Waals surface area contributed by atoms with Gasteiger partial charge in [-0.2, -0.15) is 0 Å². The van der Waals surface area contributed by atoms with Gasteiger partial charge in [-0.1, -0.05) is 0 Å². The number of amides is 1. The second-order valence-corrected chi connectivity index (χ2v) is 4.03. The highest BCUT2D eigenvalue weighted by atomic mass is 19.2. The molecule has 0 radical (unpaired) electrons. The molecule has 3 N–H and O–H groups in total. The average Bonchev–Trinajstić information content (AvgIpc) is 2.41. The molecule has 0 saturated carbocycles. The van der Waals surface area contributed by atoms with Crippen LogP contribution in [-0.2, 0) is 0 Å². The Morgan fingerprint density at radius 3 is 2.05 bits per heavy atom. The largest absolute Gasteiger partial charge is 0.398 e. The highest BCUT2D eigenvalue weighted by Gasteiger charge is 2.22. The molecule has 8 heteroatoms. The third-order valence-electron chi connectivity index (χ3n) is 2.61. The zero-order valence-electron chi connectivity index (χ0n) is 10.2. The van der Waals surface area contributed by atoms with Crippen LogP contribution in [0.3, 0.4) is 0 Å². The van der Waals surface area contributed by atoms with Crippen molar-refractivity contribution in [1.29, 1.82) is 0 Å². The second-order valence-electron chi connectivity index (χ2n) is 4.03. The van der Waals surface area contributed by atoms with Crippen LogP contribution in [0.25, 0.3) is 0 Å². The molecule has 3 nitrogen and oxygen atoms in total. The van der Waals surface area contributed by atoms with E-state index in [2.05, 4.69) is 0 Å². The molecule has 0 aliphatic carbocycles. The Balaban J connectivity index is 2.41. The number of benzene rings is 2. The van der Waals surface area contributed by atoms with Crippen molar-refractivity contribution in [2.24, 2.45) is 0 Å². The Bertz CT molecular complexity index is 707. The number of nitrogen functional groups attached to an aromatic ring is 1. The molecule has 21 heavy (non-hydrogen) atoms. The minimum Gasteiger partial charge on any atom is -0.398 e. The van der Waals surface area contributed by atoms with Crippen molar-refractivity contribution in [3.63, 3.8) is 0 Å². The van der Waals surface area contributed by atoms with Gasteiger partial charge in [0.05, 0.1) is 5.56 Å². The van der Waals surface area contributed by atoms with E-state index in [4.69, 9.17) is 5.73 Å². The van der Waals surface area contributed by atoms with Gasteiger partial charge in [0.1, 0.15) is 11.5 Å². The number of anilines is 2. The Labute approximate surface area is 115 Å². The molecule has 0 aliphatic heterocycles. The summed E-state index contributed by atoms with van der Waals surface area (Å²) in [6.07, 6.45) is 0. The van der Waals surface area contributed by atoms with Gasteiger partial charge >= 0.3 is 0 Å². The second kappa shape index (κ2) is 5.39. The van der Waals surface area contributed by atoms with E-state index in [0.29, 0.717) is 0 Å². The molecular formula is C13H7F5N2O. The Kier molecular flexibility index (Phi) is 3.79. The first-order chi connectivity index (χ1) is 9.81. The molecule has 2 rings (SSSR count). The fourth-order valence-corrected chi connectivity index (χ4v) is 1.60. The minimum atomic E-state index is -1.76. The van der Waals surface area contributed by atoms with Gasteiger partial charge < -0.3 is 11.1 Å². The number of hydrogen-bond acceptors (Lipinski definition) is 2. The van der Waals surface area contributed by atoms with Crippen molar-refractivity contribution in [3.05, 3.63) is 58.9 Å². The van der Waals surface area contributed by atoms with Crippen LogP contribution in [0.1, 0.15) is 10.4 Å². The molecule has 2 aromatic carbocycles. The van der Waals surface area contributed by atoms with E-state index in [9.17, 15) is 26.7 Å². The third-order valence-corrected chi connectivity index (χ3v) is 2.61. The van der Waals surface area contributed by atoms with Crippen molar-refractivity contribution in [3.8, 4) is 0 Å². The molecule has 1 amide bonds. The van der Waals surface area contributed by atoms with Crippen LogP contribution in [0.4, 0.5) is 33.3 Å². The molecule has 0 saturated heterocycles. The van der Waals surface area contributed by atoms with E-state index in [1.165, 1.54) is 0 Å². The molecule has 0 aliphatic rings. The van der Waals surface area contributed by atoms with Crippen molar-refractivity contribution in [2.75, 3.05) is 11.1 Å². The summed E-state index contributed by atoms with van der Waals surface area (Å²) in [6, 6.07) is 2.68. The van der Waals surface area contributed by atoms with Gasteiger partial charge in [-0.15, -0.1) is 0 Å². The smallest absolute Gasteiger partial charge is 0.257 e. The van der Waals surface area contributed by atoms with Gasteiger partial charge in [-0.3, -0.25) is 4.79 Å². The highest BCUT2D eigenvalue weighted by molar-refractivity contribution is 6.07. The zero-order chi connectivity index (χ0) is 15.7. The molecule has 110 valence electrons. The lowest BCUT2D eigenvalue weighted by Crippen LogP contribution is -2.17. The van der Waals surface area contributed by atoms with Crippen molar-refractivity contribution < 1.29 is 26.7 Å². The predicted molar refractivity (Wildman–Crippen MR) is 65.0 cm³/mol. The number of nitrogens with two attached hydrogens (primary N) is 1. The number of nitrogens with one attached hydrogen (secondary N) is 1. The zero-order valence-corrected chi connectivity index (χ0v) is 10.2. The van der Waals surface area contributed by atoms with Crippen LogP contribution in [0.2, 0.25) is 0 Å². The summed E-state index contributed by atoms with van der Waals surface area (Å²) in [5.41, 5.74) is 3.48. The first-order valence-electron chi connectivity index (χ1n) is 5.50. The quantitative estimate of drug-likeness (QED) is 0.508. The van der Waals surface area contributed by atoms with Crippen molar-refractivity contribution >= 4 is 17.3 Å². The third kappa shape index (κ3) is 2.78. The molecule has 0 bridgehead atoms. The Hall–Kier alpha value is -2.64. The van der Waals surface area contributed by atoms with Crippen LogP contribution in [0.15, 0.2) is 24.3 Å². The SMILES string of the molecule is Nc1cc(F)ccc1C(=O)Nc1c(F)c(F)cc(F)c1F. The summed E-state index contributed by atoms with van der Waals surface area (Å²) in [5, 5.41) is 1.67. The fraction of sp³-hybridized carbons (Fsp3) is 0. The Morgan fingerprint density at radius 1 is 0.952 bits per heavy atom. The lowest BCUT2D eigenvalue weighted by Gasteiger charge is -2.10. The maximum atomic E-state index is 13.4. The maximum Gasteiger partial charge on any atom is 0.257 e. The molecule has 0 spiro atoms. The fourth-order valence-electron chi connectivity index (χ4n) is 1.60. The summed E-state index contributed by atoms with van der Waals surface area (Å²) in [7, 11) is 0. The number of rotatable bonds is 2. The van der Waals surface area contributed by atoms with Crippen molar-refractivity contribution in [2.45, 2.75) is 0 Å². The van der Waals surface area contributed by atoms with Crippen LogP contribution >= 0.6 is 0 Å². The molecular weight excluding hydrogens is 295 g/mol. The van der Waals surface area contributed by atoms with Crippen molar-refractivity contribution in [1.82, 2.24) is 0 Å². The number of carbonyl (C=O) groups is 1. The minimum absolute atomic E-state index is 0.00653. The first-order valence-corrected chi connectivity index (χ1v) is 5.50. The summed E-state index contributed by atoms with van der Waals surface area (Å²) < 4.78 is 65.6. The van der Waals surface area contributed by atoms with Crippen LogP contribution in [0, 0.1) is 29.1 Å². The number of hydrogen-bond donors (Lipinski definition) is 2. The molecule has 2 aromatic rings. The summed E-state index contributed by atoms with van der Waals surface area (Å²) in [4.78, 5) is 11.8. The van der Waals surface area contributed by atoms with E-state index in [1.54, 1.807) is 5.32 Å². The first kappa shape index (κ1) is 14.8. The molecule has 0 atom stereocenters. The monoisotopic (exact) mass is 302 g/mol. The van der Waals surface area contributed by atoms with Crippen LogP contribution in [-0.4, -0.2) is 5.91 Å². The number of carbonyl (C=O) groups excluding carboxylic acids is 1. The van der Waals surface area contributed by atoms with Gasteiger partial charge in [-0.25, -0.2) is 22.0 Å². The molecule has 0 aromatic heterocycles. The molecule has 0 heterocycles. The summed E-state index contributed by atoms with van der Waals surface area (Å²) in [5.74, 6) is -8.73. The van der Waals surface area contributed by atoms with E-state index in [0.717, 1.165) is 18.2 Å². The summed E-state index contributed by atoms with van der Waals surface area (Å²) >= 11 is 0. The van der Waals surface area contributed by atoms with Gasteiger partial charge in [0.15, 0.2) is 23.3 Å². The standard InChI is InChI=1S/C13H7F5N2O/c14-5-1-2-6(9(19)3-5)13(21)20-12-10(17)7(15)4-8(16)11(12)18/h1-4H,19H2,(H,20,21).